The van der Waals surface area contributed by atoms with E-state index in [4.69, 9.17) is 9.47 Å². The van der Waals surface area contributed by atoms with Crippen molar-refractivity contribution in [2.75, 3.05) is 11.9 Å². The summed E-state index contributed by atoms with van der Waals surface area (Å²) < 4.78 is 11.7. The number of pyridine rings is 1. The van der Waals surface area contributed by atoms with Crippen LogP contribution in [-0.4, -0.2) is 23.6 Å². The molecule has 0 saturated carbocycles. The van der Waals surface area contributed by atoms with Crippen molar-refractivity contribution in [3.05, 3.63) is 83.2 Å². The van der Waals surface area contributed by atoms with Crippen LogP contribution in [0.4, 0.5) is 5.69 Å². The Labute approximate surface area is 184 Å². The summed E-state index contributed by atoms with van der Waals surface area (Å²) >= 11 is 0. The molecule has 162 valence electrons. The first kappa shape index (κ1) is 22.5. The number of ether oxygens (including phenoxy) is 2. The monoisotopic (exact) mass is 418 g/mol. The number of nitrogens with one attached hydrogen (secondary N) is 1. The molecule has 0 radical (unpaired) electrons. The summed E-state index contributed by atoms with van der Waals surface area (Å²) in [5, 5.41) is 2.94. The molecule has 0 bridgehead atoms. The normalized spacial score (nSPS) is 11.7. The highest BCUT2D eigenvalue weighted by atomic mass is 16.5. The summed E-state index contributed by atoms with van der Waals surface area (Å²) in [5.74, 6) is 1.26. The number of rotatable bonds is 9. The second kappa shape index (κ2) is 10.7. The fourth-order valence-corrected chi connectivity index (χ4v) is 3.27. The molecule has 3 aromatic rings. The number of carbonyl (C=O) groups excluding carboxylic acids is 1. The molecule has 1 unspecified atom stereocenters. The number of aromatic nitrogens is 1. The maximum Gasteiger partial charge on any atom is 0.257 e. The maximum atomic E-state index is 12.8. The highest BCUT2D eigenvalue weighted by Crippen LogP contribution is 2.27. The molecule has 3 rings (SSSR count). The Balaban J connectivity index is 1.66. The number of aryl methyl sites for hydroxylation is 2. The highest BCUT2D eigenvalue weighted by molar-refractivity contribution is 6.05. The summed E-state index contributed by atoms with van der Waals surface area (Å²) in [6, 6.07) is 18.9. The van der Waals surface area contributed by atoms with Gasteiger partial charge in [-0.2, -0.15) is 0 Å². The molecule has 0 saturated heterocycles. The minimum absolute atomic E-state index is 0.0996. The number of nitrogens with zero attached hydrogens (tertiary/aromatic N) is 1. The molecule has 31 heavy (non-hydrogen) atoms. The SMILES string of the molecule is CCCOC(C)Cc1ccc(C(=O)Nc2cccc(Oc3ccccc3C)c2)c(C)n1. The van der Waals surface area contributed by atoms with Gasteiger partial charge in [0.15, 0.2) is 0 Å². The van der Waals surface area contributed by atoms with Gasteiger partial charge in [-0.25, -0.2) is 0 Å². The van der Waals surface area contributed by atoms with Crippen LogP contribution in [0.25, 0.3) is 0 Å². The Morgan fingerprint density at radius 2 is 1.87 bits per heavy atom. The van der Waals surface area contributed by atoms with Crippen LogP contribution in [0, 0.1) is 13.8 Å². The number of anilines is 1. The minimum Gasteiger partial charge on any atom is -0.457 e. The second-order valence-electron chi connectivity index (χ2n) is 7.67. The zero-order valence-electron chi connectivity index (χ0n) is 18.6. The molecular weight excluding hydrogens is 388 g/mol. The molecule has 5 nitrogen and oxygen atoms in total. The van der Waals surface area contributed by atoms with E-state index in [1.807, 2.05) is 81.4 Å². The lowest BCUT2D eigenvalue weighted by Crippen LogP contribution is -2.16. The fourth-order valence-electron chi connectivity index (χ4n) is 3.27. The number of benzene rings is 2. The molecule has 0 aliphatic heterocycles. The van der Waals surface area contributed by atoms with E-state index in [1.165, 1.54) is 0 Å². The number of amides is 1. The predicted octanol–water partition coefficient (Wildman–Crippen LogP) is 6.10. The molecule has 1 heterocycles. The van der Waals surface area contributed by atoms with Gasteiger partial charge in [0.05, 0.1) is 17.4 Å². The molecule has 0 aliphatic rings. The van der Waals surface area contributed by atoms with Gasteiger partial charge in [-0.15, -0.1) is 0 Å². The Morgan fingerprint density at radius 1 is 1.06 bits per heavy atom. The Hall–Kier alpha value is -3.18. The molecular formula is C26H30N2O3. The van der Waals surface area contributed by atoms with E-state index in [-0.39, 0.29) is 12.0 Å². The number of hydrogen-bond acceptors (Lipinski definition) is 4. The van der Waals surface area contributed by atoms with Gasteiger partial charge < -0.3 is 14.8 Å². The van der Waals surface area contributed by atoms with Crippen molar-refractivity contribution in [1.29, 1.82) is 0 Å². The van der Waals surface area contributed by atoms with Crippen LogP contribution >= 0.6 is 0 Å². The van der Waals surface area contributed by atoms with Gasteiger partial charge in [-0.1, -0.05) is 31.2 Å². The van der Waals surface area contributed by atoms with Gasteiger partial charge in [-0.3, -0.25) is 9.78 Å². The van der Waals surface area contributed by atoms with Gasteiger partial charge in [0.2, 0.25) is 0 Å². The molecule has 2 aromatic carbocycles. The van der Waals surface area contributed by atoms with Crippen molar-refractivity contribution < 1.29 is 14.3 Å². The smallest absolute Gasteiger partial charge is 0.257 e. The Bertz CT molecular complexity index is 1030. The third kappa shape index (κ3) is 6.40. The Morgan fingerprint density at radius 3 is 2.61 bits per heavy atom. The van der Waals surface area contributed by atoms with E-state index in [1.54, 1.807) is 0 Å². The van der Waals surface area contributed by atoms with Gasteiger partial charge in [0.25, 0.3) is 5.91 Å². The summed E-state index contributed by atoms with van der Waals surface area (Å²) in [6.07, 6.45) is 1.82. The first-order chi connectivity index (χ1) is 15.0. The molecule has 0 aliphatic carbocycles. The lowest BCUT2D eigenvalue weighted by molar-refractivity contribution is 0.0663. The van der Waals surface area contributed by atoms with E-state index < -0.39 is 0 Å². The zero-order valence-corrected chi connectivity index (χ0v) is 18.6. The average Bonchev–Trinajstić information content (AvgIpc) is 2.74. The van der Waals surface area contributed by atoms with Crippen LogP contribution in [-0.2, 0) is 11.2 Å². The third-order valence-corrected chi connectivity index (χ3v) is 4.90. The van der Waals surface area contributed by atoms with Crippen LogP contribution in [0.1, 0.15) is 47.6 Å². The van der Waals surface area contributed by atoms with Crippen molar-refractivity contribution in [3.8, 4) is 11.5 Å². The van der Waals surface area contributed by atoms with Crippen LogP contribution in [0.3, 0.4) is 0 Å². The summed E-state index contributed by atoms with van der Waals surface area (Å²) in [5.41, 5.74) is 3.89. The van der Waals surface area contributed by atoms with E-state index in [2.05, 4.69) is 17.2 Å². The fraction of sp³-hybridized carbons (Fsp3) is 0.308. The highest BCUT2D eigenvalue weighted by Gasteiger charge is 2.13. The maximum absolute atomic E-state index is 12.8. The second-order valence-corrected chi connectivity index (χ2v) is 7.67. The van der Waals surface area contributed by atoms with Crippen LogP contribution in [0.15, 0.2) is 60.7 Å². The molecule has 1 amide bonds. The van der Waals surface area contributed by atoms with Crippen molar-refractivity contribution in [2.24, 2.45) is 0 Å². The first-order valence-corrected chi connectivity index (χ1v) is 10.7. The van der Waals surface area contributed by atoms with Crippen LogP contribution in [0.5, 0.6) is 11.5 Å². The standard InChI is InChI=1S/C26H30N2O3/c1-5-15-30-19(3)16-22-13-14-24(20(4)27-22)26(29)28-21-10-8-11-23(17-21)31-25-12-7-6-9-18(25)2/h6-14,17,19H,5,15-16H2,1-4H3,(H,28,29). The third-order valence-electron chi connectivity index (χ3n) is 4.90. The van der Waals surface area contributed by atoms with Crippen molar-refractivity contribution in [1.82, 2.24) is 4.98 Å². The molecule has 0 spiro atoms. The van der Waals surface area contributed by atoms with Crippen molar-refractivity contribution in [2.45, 2.75) is 46.6 Å². The lowest BCUT2D eigenvalue weighted by Gasteiger charge is -2.14. The zero-order chi connectivity index (χ0) is 22.2. The first-order valence-electron chi connectivity index (χ1n) is 10.7. The van der Waals surface area contributed by atoms with Crippen molar-refractivity contribution in [3.63, 3.8) is 0 Å². The van der Waals surface area contributed by atoms with E-state index >= 15 is 0 Å². The van der Waals surface area contributed by atoms with E-state index in [0.29, 0.717) is 22.7 Å². The largest absolute Gasteiger partial charge is 0.457 e. The van der Waals surface area contributed by atoms with E-state index in [9.17, 15) is 4.79 Å². The number of carbonyl (C=O) groups is 1. The summed E-state index contributed by atoms with van der Waals surface area (Å²) in [7, 11) is 0. The van der Waals surface area contributed by atoms with E-state index in [0.717, 1.165) is 36.5 Å². The van der Waals surface area contributed by atoms with Crippen LogP contribution < -0.4 is 10.1 Å². The Kier molecular flexibility index (Phi) is 7.79. The van der Waals surface area contributed by atoms with Crippen molar-refractivity contribution >= 4 is 11.6 Å². The quantitative estimate of drug-likeness (QED) is 0.456. The molecule has 5 heteroatoms. The summed E-state index contributed by atoms with van der Waals surface area (Å²) in [6.45, 7) is 8.73. The molecule has 1 atom stereocenters. The van der Waals surface area contributed by atoms with Crippen LogP contribution in [0.2, 0.25) is 0 Å². The minimum atomic E-state index is -0.195. The van der Waals surface area contributed by atoms with Gasteiger partial charge in [0.1, 0.15) is 11.5 Å². The molecule has 1 aromatic heterocycles. The lowest BCUT2D eigenvalue weighted by atomic mass is 10.1. The number of para-hydroxylation sites is 1. The molecule has 1 N–H and O–H groups in total. The summed E-state index contributed by atoms with van der Waals surface area (Å²) in [4.78, 5) is 17.4. The average molecular weight is 419 g/mol. The topological polar surface area (TPSA) is 60.5 Å². The van der Waals surface area contributed by atoms with Gasteiger partial charge >= 0.3 is 0 Å². The molecule has 0 fully saturated rings. The van der Waals surface area contributed by atoms with Gasteiger partial charge in [0, 0.05) is 30.5 Å². The van der Waals surface area contributed by atoms with Gasteiger partial charge in [-0.05, 0) is 63.1 Å². The predicted molar refractivity (Wildman–Crippen MR) is 124 cm³/mol. The number of hydrogen-bond donors (Lipinski definition) is 1.